The number of nitrogens with one attached hydrogen (secondary N) is 2. The van der Waals surface area contributed by atoms with Crippen LogP contribution in [0.2, 0.25) is 5.02 Å². The monoisotopic (exact) mass is 370 g/mol. The van der Waals surface area contributed by atoms with Crippen LogP contribution in [0.15, 0.2) is 24.3 Å². The number of benzene rings is 1. The summed E-state index contributed by atoms with van der Waals surface area (Å²) in [4.78, 5) is 12.2. The van der Waals surface area contributed by atoms with Crippen LogP contribution in [0, 0.1) is 5.92 Å². The fraction of sp³-hybridized carbons (Fsp3) is 0.632. The Morgan fingerprint density at radius 1 is 1.33 bits per heavy atom. The molecule has 1 saturated carbocycles. The summed E-state index contributed by atoms with van der Waals surface area (Å²) < 4.78 is 0. The molecule has 1 aliphatic carbocycles. The Bertz CT molecular complexity index is 538. The SMILES string of the molecule is Cl.O=C(CCC1CCNC1)NCC1(c2cccc(Cl)c2)CCCC1. The van der Waals surface area contributed by atoms with Gasteiger partial charge in [0.25, 0.3) is 0 Å². The van der Waals surface area contributed by atoms with E-state index in [2.05, 4.69) is 22.8 Å². The Morgan fingerprint density at radius 2 is 2.12 bits per heavy atom. The number of halogens is 2. The largest absolute Gasteiger partial charge is 0.355 e. The van der Waals surface area contributed by atoms with Crippen molar-refractivity contribution in [1.82, 2.24) is 10.6 Å². The second kappa shape index (κ2) is 9.07. The molecule has 3 nitrogen and oxygen atoms in total. The first-order valence-electron chi connectivity index (χ1n) is 8.91. The molecular formula is C19H28Cl2N2O. The van der Waals surface area contributed by atoms with E-state index in [1.54, 1.807) is 0 Å². The predicted molar refractivity (Wildman–Crippen MR) is 102 cm³/mol. The van der Waals surface area contributed by atoms with Crippen molar-refractivity contribution in [2.24, 2.45) is 5.92 Å². The molecule has 0 radical (unpaired) electrons. The summed E-state index contributed by atoms with van der Waals surface area (Å²) in [5, 5.41) is 7.35. The summed E-state index contributed by atoms with van der Waals surface area (Å²) in [5.41, 5.74) is 1.36. The molecule has 1 aromatic carbocycles. The number of amides is 1. The molecule has 2 N–H and O–H groups in total. The Labute approximate surface area is 156 Å². The highest BCUT2D eigenvalue weighted by Crippen LogP contribution is 2.41. The second-order valence-corrected chi connectivity index (χ2v) is 7.61. The molecule has 0 spiro atoms. The van der Waals surface area contributed by atoms with E-state index in [9.17, 15) is 4.79 Å². The van der Waals surface area contributed by atoms with Crippen LogP contribution in [-0.2, 0) is 10.2 Å². The van der Waals surface area contributed by atoms with Gasteiger partial charge < -0.3 is 10.6 Å². The molecule has 24 heavy (non-hydrogen) atoms. The molecule has 1 aliphatic heterocycles. The van der Waals surface area contributed by atoms with Gasteiger partial charge in [-0.1, -0.05) is 36.6 Å². The van der Waals surface area contributed by atoms with Crippen LogP contribution in [-0.4, -0.2) is 25.5 Å². The summed E-state index contributed by atoms with van der Waals surface area (Å²) in [6.07, 6.45) is 7.60. The molecule has 1 amide bonds. The van der Waals surface area contributed by atoms with Crippen molar-refractivity contribution in [3.8, 4) is 0 Å². The van der Waals surface area contributed by atoms with E-state index < -0.39 is 0 Å². The molecule has 3 rings (SSSR count). The Balaban J connectivity index is 0.00000208. The van der Waals surface area contributed by atoms with Crippen LogP contribution < -0.4 is 10.6 Å². The molecule has 0 aromatic heterocycles. The van der Waals surface area contributed by atoms with E-state index in [4.69, 9.17) is 11.6 Å². The Hall–Kier alpha value is -0.770. The minimum atomic E-state index is 0. The lowest BCUT2D eigenvalue weighted by molar-refractivity contribution is -0.121. The summed E-state index contributed by atoms with van der Waals surface area (Å²) in [5.74, 6) is 0.874. The fourth-order valence-corrected chi connectivity index (χ4v) is 4.28. The zero-order chi connectivity index (χ0) is 16.1. The van der Waals surface area contributed by atoms with Gasteiger partial charge in [-0.3, -0.25) is 4.79 Å². The van der Waals surface area contributed by atoms with Crippen molar-refractivity contribution in [2.45, 2.75) is 50.4 Å². The van der Waals surface area contributed by atoms with Crippen LogP contribution in [0.5, 0.6) is 0 Å². The molecule has 1 aromatic rings. The zero-order valence-corrected chi connectivity index (χ0v) is 15.7. The van der Waals surface area contributed by atoms with E-state index in [1.165, 1.54) is 24.8 Å². The van der Waals surface area contributed by atoms with Crippen molar-refractivity contribution in [3.63, 3.8) is 0 Å². The van der Waals surface area contributed by atoms with Gasteiger partial charge >= 0.3 is 0 Å². The van der Waals surface area contributed by atoms with Crippen LogP contribution in [0.25, 0.3) is 0 Å². The third kappa shape index (κ3) is 4.87. The Kier molecular flexibility index (Phi) is 7.39. The van der Waals surface area contributed by atoms with E-state index in [0.29, 0.717) is 12.3 Å². The quantitative estimate of drug-likeness (QED) is 0.791. The molecule has 1 unspecified atom stereocenters. The first-order valence-corrected chi connectivity index (χ1v) is 9.29. The number of carbonyl (C=O) groups excluding carboxylic acids is 1. The molecular weight excluding hydrogens is 343 g/mol. The van der Waals surface area contributed by atoms with E-state index in [-0.39, 0.29) is 23.7 Å². The highest BCUT2D eigenvalue weighted by atomic mass is 35.5. The number of carbonyl (C=O) groups is 1. The third-order valence-electron chi connectivity index (χ3n) is 5.56. The molecule has 1 saturated heterocycles. The molecule has 134 valence electrons. The fourth-order valence-electron chi connectivity index (χ4n) is 4.09. The van der Waals surface area contributed by atoms with Crippen LogP contribution >= 0.6 is 24.0 Å². The number of hydrogen-bond acceptors (Lipinski definition) is 2. The first kappa shape index (κ1) is 19.6. The molecule has 2 aliphatic rings. The lowest BCUT2D eigenvalue weighted by Gasteiger charge is -2.30. The molecule has 1 atom stereocenters. The molecule has 2 fully saturated rings. The van der Waals surface area contributed by atoms with Gasteiger partial charge in [0.15, 0.2) is 0 Å². The summed E-state index contributed by atoms with van der Waals surface area (Å²) in [6.45, 7) is 2.92. The maximum atomic E-state index is 12.2. The maximum absolute atomic E-state index is 12.2. The molecule has 0 bridgehead atoms. The van der Waals surface area contributed by atoms with Crippen molar-refractivity contribution in [3.05, 3.63) is 34.9 Å². The lowest BCUT2D eigenvalue weighted by atomic mass is 9.79. The van der Waals surface area contributed by atoms with Crippen LogP contribution in [0.3, 0.4) is 0 Å². The average Bonchev–Trinajstić information content (AvgIpc) is 3.23. The summed E-state index contributed by atoms with van der Waals surface area (Å²) in [7, 11) is 0. The van der Waals surface area contributed by atoms with Gasteiger partial charge in [-0.2, -0.15) is 0 Å². The van der Waals surface area contributed by atoms with Crippen molar-refractivity contribution in [2.75, 3.05) is 19.6 Å². The van der Waals surface area contributed by atoms with Gasteiger partial charge in [-0.25, -0.2) is 0 Å². The minimum absolute atomic E-state index is 0. The number of rotatable bonds is 6. The van der Waals surface area contributed by atoms with Crippen molar-refractivity contribution >= 4 is 29.9 Å². The summed E-state index contributed by atoms with van der Waals surface area (Å²) in [6, 6.07) is 8.17. The first-order chi connectivity index (χ1) is 11.2. The van der Waals surface area contributed by atoms with Crippen LogP contribution in [0.1, 0.15) is 50.5 Å². The molecule has 5 heteroatoms. The standard InChI is InChI=1S/C19H27ClN2O.ClH/c20-17-5-3-4-16(12-17)19(9-1-2-10-19)14-22-18(23)7-6-15-8-11-21-13-15;/h3-5,12,15,21H,1-2,6-11,13-14H2,(H,22,23);1H. The van der Waals surface area contributed by atoms with Gasteiger partial charge in [-0.05, 0) is 62.4 Å². The minimum Gasteiger partial charge on any atom is -0.355 e. The zero-order valence-electron chi connectivity index (χ0n) is 14.2. The maximum Gasteiger partial charge on any atom is 0.220 e. The number of hydrogen-bond donors (Lipinski definition) is 2. The van der Waals surface area contributed by atoms with Gasteiger partial charge in [0.2, 0.25) is 5.91 Å². The van der Waals surface area contributed by atoms with E-state index in [0.717, 1.165) is 43.9 Å². The second-order valence-electron chi connectivity index (χ2n) is 7.17. The highest BCUT2D eigenvalue weighted by Gasteiger charge is 2.36. The average molecular weight is 371 g/mol. The normalized spacial score (nSPS) is 22.1. The smallest absolute Gasteiger partial charge is 0.220 e. The highest BCUT2D eigenvalue weighted by molar-refractivity contribution is 6.30. The molecule has 1 heterocycles. The summed E-state index contributed by atoms with van der Waals surface area (Å²) >= 11 is 6.18. The third-order valence-corrected chi connectivity index (χ3v) is 5.80. The van der Waals surface area contributed by atoms with Gasteiger partial charge in [0.1, 0.15) is 0 Å². The van der Waals surface area contributed by atoms with Crippen molar-refractivity contribution < 1.29 is 4.79 Å². The van der Waals surface area contributed by atoms with E-state index >= 15 is 0 Å². The van der Waals surface area contributed by atoms with E-state index in [1.807, 2.05) is 12.1 Å². The van der Waals surface area contributed by atoms with Crippen LogP contribution in [0.4, 0.5) is 0 Å². The Morgan fingerprint density at radius 3 is 2.79 bits per heavy atom. The van der Waals surface area contributed by atoms with Gasteiger partial charge in [-0.15, -0.1) is 12.4 Å². The van der Waals surface area contributed by atoms with Gasteiger partial charge in [0, 0.05) is 23.4 Å². The predicted octanol–water partition coefficient (Wildman–Crippen LogP) is 4.08. The lowest BCUT2D eigenvalue weighted by Crippen LogP contribution is -2.39. The van der Waals surface area contributed by atoms with Gasteiger partial charge in [0.05, 0.1) is 0 Å². The topological polar surface area (TPSA) is 41.1 Å². The van der Waals surface area contributed by atoms with Crippen molar-refractivity contribution in [1.29, 1.82) is 0 Å².